The highest BCUT2D eigenvalue weighted by atomic mass is 16.5. The summed E-state index contributed by atoms with van der Waals surface area (Å²) in [6, 6.07) is 4.26. The summed E-state index contributed by atoms with van der Waals surface area (Å²) in [4.78, 5) is 25.2. The van der Waals surface area contributed by atoms with Crippen LogP contribution in [0.3, 0.4) is 0 Å². The van der Waals surface area contributed by atoms with Crippen molar-refractivity contribution >= 4 is 17.7 Å². The fourth-order valence-corrected chi connectivity index (χ4v) is 2.18. The Bertz CT molecular complexity index is 525. The number of carboxylic acid groups (broad SMARTS) is 1. The van der Waals surface area contributed by atoms with E-state index in [0.717, 1.165) is 19.5 Å². The van der Waals surface area contributed by atoms with Crippen molar-refractivity contribution < 1.29 is 19.4 Å². The van der Waals surface area contributed by atoms with E-state index in [-0.39, 0.29) is 17.3 Å². The third kappa shape index (κ3) is 3.85. The molecule has 0 aliphatic carbocycles. The van der Waals surface area contributed by atoms with E-state index in [4.69, 9.17) is 4.74 Å². The second-order valence-electron chi connectivity index (χ2n) is 4.74. The van der Waals surface area contributed by atoms with Crippen LogP contribution in [-0.2, 0) is 0 Å². The number of nitrogens with zero attached hydrogens (tertiary/aromatic N) is 1. The van der Waals surface area contributed by atoms with Gasteiger partial charge >= 0.3 is 12.0 Å². The summed E-state index contributed by atoms with van der Waals surface area (Å²) in [5, 5.41) is 15.1. The predicted molar refractivity (Wildman–Crippen MR) is 78.0 cm³/mol. The van der Waals surface area contributed by atoms with Crippen LogP contribution in [0.1, 0.15) is 16.8 Å². The maximum atomic E-state index is 12.2. The number of urea groups is 1. The summed E-state index contributed by atoms with van der Waals surface area (Å²) in [6.07, 6.45) is 0.877. The predicted octanol–water partition coefficient (Wildman–Crippen LogP) is 1.22. The minimum Gasteiger partial charge on any atom is -0.497 e. The molecular weight excluding hydrogens is 274 g/mol. The lowest BCUT2D eigenvalue weighted by Gasteiger charge is -2.21. The highest BCUT2D eigenvalue weighted by Gasteiger charge is 2.18. The van der Waals surface area contributed by atoms with Gasteiger partial charge in [-0.25, -0.2) is 9.59 Å². The minimum absolute atomic E-state index is 0.00986. The van der Waals surface area contributed by atoms with Crippen molar-refractivity contribution in [3.8, 4) is 5.75 Å². The summed E-state index contributed by atoms with van der Waals surface area (Å²) in [5.74, 6) is -0.675. The van der Waals surface area contributed by atoms with Gasteiger partial charge in [0.15, 0.2) is 0 Å². The van der Waals surface area contributed by atoms with E-state index < -0.39 is 5.97 Å². The Kier molecular flexibility index (Phi) is 4.99. The van der Waals surface area contributed by atoms with Gasteiger partial charge in [0.25, 0.3) is 0 Å². The van der Waals surface area contributed by atoms with Crippen molar-refractivity contribution in [2.45, 2.75) is 6.42 Å². The van der Waals surface area contributed by atoms with Gasteiger partial charge < -0.3 is 25.4 Å². The lowest BCUT2D eigenvalue weighted by atomic mass is 10.1. The van der Waals surface area contributed by atoms with Crippen LogP contribution in [0, 0.1) is 0 Å². The molecule has 1 heterocycles. The molecule has 114 valence electrons. The van der Waals surface area contributed by atoms with Crippen molar-refractivity contribution in [3.05, 3.63) is 23.8 Å². The van der Waals surface area contributed by atoms with E-state index >= 15 is 0 Å². The van der Waals surface area contributed by atoms with Crippen molar-refractivity contribution in [2.75, 3.05) is 38.6 Å². The van der Waals surface area contributed by atoms with Crippen molar-refractivity contribution in [1.29, 1.82) is 0 Å². The molecule has 0 atom stereocenters. The number of carbonyl (C=O) groups is 2. The molecule has 1 aromatic carbocycles. The second-order valence-corrected chi connectivity index (χ2v) is 4.74. The Morgan fingerprint density at radius 3 is 2.86 bits per heavy atom. The Hall–Kier alpha value is -2.28. The molecule has 0 radical (unpaired) electrons. The maximum absolute atomic E-state index is 12.2. The largest absolute Gasteiger partial charge is 0.497 e. The van der Waals surface area contributed by atoms with Crippen LogP contribution in [-0.4, -0.2) is 55.3 Å². The van der Waals surface area contributed by atoms with Crippen LogP contribution in [0.4, 0.5) is 10.5 Å². The first kappa shape index (κ1) is 15.1. The molecule has 2 amide bonds. The van der Waals surface area contributed by atoms with E-state index in [1.54, 1.807) is 11.0 Å². The van der Waals surface area contributed by atoms with Crippen molar-refractivity contribution in [2.24, 2.45) is 0 Å². The Morgan fingerprint density at radius 2 is 2.14 bits per heavy atom. The zero-order chi connectivity index (χ0) is 15.2. The van der Waals surface area contributed by atoms with E-state index in [0.29, 0.717) is 18.8 Å². The van der Waals surface area contributed by atoms with Gasteiger partial charge in [0, 0.05) is 19.6 Å². The molecule has 7 heteroatoms. The molecule has 7 nitrogen and oxygen atoms in total. The van der Waals surface area contributed by atoms with Gasteiger partial charge in [0.2, 0.25) is 0 Å². The number of ether oxygens (including phenoxy) is 1. The third-order valence-corrected chi connectivity index (χ3v) is 3.33. The molecule has 1 saturated heterocycles. The molecule has 3 N–H and O–H groups in total. The zero-order valence-corrected chi connectivity index (χ0v) is 11.9. The van der Waals surface area contributed by atoms with Gasteiger partial charge in [-0.2, -0.15) is 0 Å². The standard InChI is InChI=1S/C14H19N3O4/c1-21-10-3-4-12(11(9-10)13(18)19)16-14(20)17-7-2-5-15-6-8-17/h3-4,9,15H,2,5-8H2,1H3,(H,16,20)(H,18,19). The van der Waals surface area contributed by atoms with Gasteiger partial charge in [-0.3, -0.25) is 0 Å². The third-order valence-electron chi connectivity index (χ3n) is 3.33. The number of benzene rings is 1. The summed E-state index contributed by atoms with van der Waals surface area (Å²) >= 11 is 0. The van der Waals surface area contributed by atoms with Crippen LogP contribution in [0.15, 0.2) is 18.2 Å². The smallest absolute Gasteiger partial charge is 0.337 e. The van der Waals surface area contributed by atoms with E-state index in [1.807, 2.05) is 0 Å². The second kappa shape index (κ2) is 6.94. The number of hydrogen-bond acceptors (Lipinski definition) is 4. The minimum atomic E-state index is -1.11. The number of hydrogen-bond donors (Lipinski definition) is 3. The number of carbonyl (C=O) groups excluding carboxylic acids is 1. The lowest BCUT2D eigenvalue weighted by Crippen LogP contribution is -2.37. The number of methoxy groups -OCH3 is 1. The summed E-state index contributed by atoms with van der Waals surface area (Å²) < 4.78 is 5.00. The number of nitrogens with one attached hydrogen (secondary N) is 2. The molecule has 0 bridgehead atoms. The van der Waals surface area contributed by atoms with Crippen molar-refractivity contribution in [3.63, 3.8) is 0 Å². The lowest BCUT2D eigenvalue weighted by molar-refractivity contribution is 0.0697. The molecule has 0 unspecified atom stereocenters. The van der Waals surface area contributed by atoms with Crippen LogP contribution in [0.5, 0.6) is 5.75 Å². The molecule has 2 rings (SSSR count). The van der Waals surface area contributed by atoms with Crippen LogP contribution in [0.25, 0.3) is 0 Å². The molecular formula is C14H19N3O4. The fourth-order valence-electron chi connectivity index (χ4n) is 2.18. The van der Waals surface area contributed by atoms with Gasteiger partial charge in [-0.1, -0.05) is 0 Å². The summed E-state index contributed by atoms with van der Waals surface area (Å²) in [6.45, 7) is 2.87. The van der Waals surface area contributed by atoms with Crippen LogP contribution < -0.4 is 15.4 Å². The van der Waals surface area contributed by atoms with E-state index in [2.05, 4.69) is 10.6 Å². The van der Waals surface area contributed by atoms with Gasteiger partial charge in [-0.05, 0) is 31.2 Å². The molecule has 1 aromatic rings. The number of aromatic carboxylic acids is 1. The SMILES string of the molecule is COc1ccc(NC(=O)N2CCCNCC2)c(C(=O)O)c1. The van der Waals surface area contributed by atoms with E-state index in [9.17, 15) is 14.7 Å². The number of rotatable bonds is 3. The molecule has 1 fully saturated rings. The first-order chi connectivity index (χ1) is 10.1. The molecule has 1 aliphatic heterocycles. The monoisotopic (exact) mass is 293 g/mol. The Labute approximate surface area is 122 Å². The van der Waals surface area contributed by atoms with Gasteiger partial charge in [-0.15, -0.1) is 0 Å². The quantitative estimate of drug-likeness (QED) is 0.779. The zero-order valence-electron chi connectivity index (χ0n) is 11.9. The highest BCUT2D eigenvalue weighted by Crippen LogP contribution is 2.22. The van der Waals surface area contributed by atoms with Gasteiger partial charge in [0.1, 0.15) is 5.75 Å². The molecule has 21 heavy (non-hydrogen) atoms. The Morgan fingerprint density at radius 1 is 1.33 bits per heavy atom. The first-order valence-corrected chi connectivity index (χ1v) is 6.80. The van der Waals surface area contributed by atoms with E-state index in [1.165, 1.54) is 19.2 Å². The average Bonchev–Trinajstić information content (AvgIpc) is 2.76. The Balaban J connectivity index is 2.14. The summed E-state index contributed by atoms with van der Waals surface area (Å²) in [7, 11) is 1.46. The normalized spacial score (nSPS) is 15.2. The van der Waals surface area contributed by atoms with Crippen molar-refractivity contribution in [1.82, 2.24) is 10.2 Å². The van der Waals surface area contributed by atoms with Crippen LogP contribution in [0.2, 0.25) is 0 Å². The van der Waals surface area contributed by atoms with Crippen LogP contribution >= 0.6 is 0 Å². The average molecular weight is 293 g/mol. The maximum Gasteiger partial charge on any atom is 0.337 e. The number of carboxylic acids is 1. The molecule has 1 aliphatic rings. The molecule has 0 spiro atoms. The molecule has 0 aromatic heterocycles. The fraction of sp³-hybridized carbons (Fsp3) is 0.429. The number of anilines is 1. The number of amides is 2. The topological polar surface area (TPSA) is 90.9 Å². The molecule has 0 saturated carbocycles. The highest BCUT2D eigenvalue weighted by molar-refractivity contribution is 6.00. The first-order valence-electron chi connectivity index (χ1n) is 6.80. The van der Waals surface area contributed by atoms with Gasteiger partial charge in [0.05, 0.1) is 18.4 Å². The summed E-state index contributed by atoms with van der Waals surface area (Å²) in [5.41, 5.74) is 0.279.